The predicted molar refractivity (Wildman–Crippen MR) is 178 cm³/mol. The molecule has 0 aliphatic carbocycles. The third-order valence-electron chi connectivity index (χ3n) is 9.18. The number of halogens is 3. The van der Waals surface area contributed by atoms with Crippen molar-refractivity contribution in [2.24, 2.45) is 0 Å². The Morgan fingerprint density at radius 3 is 2.30 bits per heavy atom. The summed E-state index contributed by atoms with van der Waals surface area (Å²) in [4.78, 5) is 15.1. The first kappa shape index (κ1) is 34.9. The van der Waals surface area contributed by atoms with E-state index in [9.17, 15) is 18.0 Å². The normalized spacial score (nSPS) is 17.8. The SMILES string of the molecule is CCc1ccc(C2CCN(CCCCNC(=O)c3ccc(-c4ccc(C(F)(F)F)cc4)cc3)CC2)c(OCCOC2CCCCO2)c1. The van der Waals surface area contributed by atoms with Gasteiger partial charge in [0.1, 0.15) is 12.4 Å². The lowest BCUT2D eigenvalue weighted by Gasteiger charge is -2.33. The first-order valence-electron chi connectivity index (χ1n) is 17.1. The Morgan fingerprint density at radius 2 is 1.64 bits per heavy atom. The van der Waals surface area contributed by atoms with Crippen LogP contribution in [0, 0.1) is 0 Å². The van der Waals surface area contributed by atoms with E-state index < -0.39 is 11.7 Å². The highest BCUT2D eigenvalue weighted by atomic mass is 19.4. The second-order valence-corrected chi connectivity index (χ2v) is 12.5. The highest BCUT2D eigenvalue weighted by Crippen LogP contribution is 2.35. The van der Waals surface area contributed by atoms with Gasteiger partial charge in [-0.2, -0.15) is 13.2 Å². The molecule has 1 amide bonds. The third-order valence-corrected chi connectivity index (χ3v) is 9.18. The highest BCUT2D eigenvalue weighted by molar-refractivity contribution is 5.94. The second kappa shape index (κ2) is 17.1. The maximum absolute atomic E-state index is 12.8. The van der Waals surface area contributed by atoms with Crippen LogP contribution >= 0.6 is 0 Å². The van der Waals surface area contributed by atoms with Crippen molar-refractivity contribution in [2.45, 2.75) is 76.7 Å². The Labute approximate surface area is 276 Å². The van der Waals surface area contributed by atoms with Crippen LogP contribution in [-0.4, -0.2) is 63.1 Å². The van der Waals surface area contributed by atoms with E-state index in [1.165, 1.54) is 23.3 Å². The van der Waals surface area contributed by atoms with Crippen molar-refractivity contribution in [1.29, 1.82) is 0 Å². The van der Waals surface area contributed by atoms with Crippen LogP contribution in [0.4, 0.5) is 13.2 Å². The molecule has 1 unspecified atom stereocenters. The fraction of sp³-hybridized carbons (Fsp3) is 0.500. The lowest BCUT2D eigenvalue weighted by atomic mass is 9.88. The first-order valence-corrected chi connectivity index (χ1v) is 17.1. The van der Waals surface area contributed by atoms with E-state index in [2.05, 4.69) is 35.3 Å². The van der Waals surface area contributed by atoms with Crippen molar-refractivity contribution in [3.05, 3.63) is 89.0 Å². The van der Waals surface area contributed by atoms with Gasteiger partial charge in [-0.1, -0.05) is 43.3 Å². The van der Waals surface area contributed by atoms with Crippen LogP contribution in [0.25, 0.3) is 11.1 Å². The number of aryl methyl sites for hydroxylation is 1. The number of carbonyl (C=O) groups excluding carboxylic acids is 1. The molecule has 2 fully saturated rings. The molecule has 2 aliphatic rings. The number of rotatable bonds is 14. The van der Waals surface area contributed by atoms with Crippen molar-refractivity contribution >= 4 is 5.91 Å². The minimum absolute atomic E-state index is 0.0990. The summed E-state index contributed by atoms with van der Waals surface area (Å²) in [7, 11) is 0. The number of benzene rings is 3. The average Bonchev–Trinajstić information content (AvgIpc) is 3.10. The Balaban J connectivity index is 0.997. The molecule has 0 saturated carbocycles. The summed E-state index contributed by atoms with van der Waals surface area (Å²) in [6, 6.07) is 18.6. The van der Waals surface area contributed by atoms with E-state index in [0.717, 1.165) is 101 Å². The molecule has 5 rings (SSSR count). The molecule has 2 heterocycles. The van der Waals surface area contributed by atoms with Gasteiger partial charge in [0.25, 0.3) is 5.91 Å². The largest absolute Gasteiger partial charge is 0.491 e. The number of hydrogen-bond acceptors (Lipinski definition) is 5. The molecule has 2 aliphatic heterocycles. The third kappa shape index (κ3) is 10.3. The quantitative estimate of drug-likeness (QED) is 0.178. The number of likely N-dealkylation sites (tertiary alicyclic amines) is 1. The van der Waals surface area contributed by atoms with E-state index in [0.29, 0.717) is 36.8 Å². The van der Waals surface area contributed by atoms with Gasteiger partial charge in [0.2, 0.25) is 0 Å². The molecule has 0 bridgehead atoms. The van der Waals surface area contributed by atoms with Gasteiger partial charge in [0.15, 0.2) is 6.29 Å². The van der Waals surface area contributed by atoms with Crippen LogP contribution in [0.15, 0.2) is 66.7 Å². The zero-order valence-electron chi connectivity index (χ0n) is 27.3. The van der Waals surface area contributed by atoms with Crippen molar-refractivity contribution in [3.8, 4) is 16.9 Å². The molecule has 0 radical (unpaired) electrons. The van der Waals surface area contributed by atoms with Crippen molar-refractivity contribution in [2.75, 3.05) is 46.0 Å². The van der Waals surface area contributed by atoms with Crippen molar-refractivity contribution in [3.63, 3.8) is 0 Å². The topological polar surface area (TPSA) is 60.0 Å². The number of alkyl halides is 3. The van der Waals surface area contributed by atoms with E-state index in [1.807, 2.05) is 0 Å². The van der Waals surface area contributed by atoms with Gasteiger partial charge in [0, 0.05) is 18.7 Å². The van der Waals surface area contributed by atoms with Crippen molar-refractivity contribution in [1.82, 2.24) is 10.2 Å². The lowest BCUT2D eigenvalue weighted by molar-refractivity contribution is -0.165. The Kier molecular flexibility index (Phi) is 12.7. The average molecular weight is 653 g/mol. The molecule has 3 aromatic rings. The number of nitrogens with one attached hydrogen (secondary N) is 1. The molecular formula is C38H47F3N2O4. The van der Waals surface area contributed by atoms with Gasteiger partial charge in [-0.25, -0.2) is 0 Å². The van der Waals surface area contributed by atoms with Crippen LogP contribution in [-0.2, 0) is 22.1 Å². The summed E-state index contributed by atoms with van der Waals surface area (Å²) < 4.78 is 56.3. The molecule has 0 spiro atoms. The number of ether oxygens (including phenoxy) is 3. The highest BCUT2D eigenvalue weighted by Gasteiger charge is 2.30. The smallest absolute Gasteiger partial charge is 0.416 e. The Bertz CT molecular complexity index is 1400. The fourth-order valence-corrected chi connectivity index (χ4v) is 6.33. The number of amides is 1. The molecule has 6 nitrogen and oxygen atoms in total. The molecule has 0 aromatic heterocycles. The number of unbranched alkanes of at least 4 members (excludes halogenated alkanes) is 1. The first-order chi connectivity index (χ1) is 22.8. The predicted octanol–water partition coefficient (Wildman–Crippen LogP) is 8.25. The molecular weight excluding hydrogens is 605 g/mol. The van der Waals surface area contributed by atoms with E-state index in [4.69, 9.17) is 14.2 Å². The Hall–Kier alpha value is -3.40. The van der Waals surface area contributed by atoms with Crippen LogP contribution < -0.4 is 10.1 Å². The van der Waals surface area contributed by atoms with Crippen LogP contribution in [0.2, 0.25) is 0 Å². The molecule has 1 atom stereocenters. The summed E-state index contributed by atoms with van der Waals surface area (Å²) in [6.07, 6.45) is 3.80. The van der Waals surface area contributed by atoms with Crippen molar-refractivity contribution < 1.29 is 32.2 Å². The molecule has 9 heteroatoms. The molecule has 254 valence electrons. The van der Waals surface area contributed by atoms with Crippen LogP contribution in [0.5, 0.6) is 5.75 Å². The number of hydrogen-bond donors (Lipinski definition) is 1. The number of piperidine rings is 1. The van der Waals surface area contributed by atoms with E-state index in [-0.39, 0.29) is 12.2 Å². The molecule has 3 aromatic carbocycles. The molecule has 2 saturated heterocycles. The minimum atomic E-state index is -4.36. The van der Waals surface area contributed by atoms with Gasteiger partial charge in [-0.15, -0.1) is 0 Å². The summed E-state index contributed by atoms with van der Waals surface area (Å²) in [5, 5.41) is 2.99. The fourth-order valence-electron chi connectivity index (χ4n) is 6.33. The van der Waals surface area contributed by atoms with Gasteiger partial charge < -0.3 is 24.4 Å². The van der Waals surface area contributed by atoms with Gasteiger partial charge in [-0.05, 0) is 130 Å². The zero-order chi connectivity index (χ0) is 33.1. The summed E-state index contributed by atoms with van der Waals surface area (Å²) in [6.45, 7) is 7.66. The number of nitrogens with zero attached hydrogens (tertiary/aromatic N) is 1. The van der Waals surface area contributed by atoms with Gasteiger partial charge in [0.05, 0.1) is 12.2 Å². The van der Waals surface area contributed by atoms with Gasteiger partial charge in [-0.3, -0.25) is 4.79 Å². The van der Waals surface area contributed by atoms with E-state index >= 15 is 0 Å². The zero-order valence-corrected chi connectivity index (χ0v) is 27.3. The maximum atomic E-state index is 12.8. The lowest BCUT2D eigenvalue weighted by Crippen LogP contribution is -2.34. The second-order valence-electron chi connectivity index (χ2n) is 12.5. The minimum Gasteiger partial charge on any atom is -0.491 e. The van der Waals surface area contributed by atoms with Gasteiger partial charge >= 0.3 is 6.18 Å². The summed E-state index contributed by atoms with van der Waals surface area (Å²) >= 11 is 0. The molecule has 1 N–H and O–H groups in total. The van der Waals surface area contributed by atoms with E-state index in [1.54, 1.807) is 24.3 Å². The number of carbonyl (C=O) groups is 1. The van der Waals surface area contributed by atoms with Crippen LogP contribution in [0.1, 0.15) is 84.8 Å². The molecule has 47 heavy (non-hydrogen) atoms. The summed E-state index contributed by atoms with van der Waals surface area (Å²) in [5.74, 6) is 1.31. The summed E-state index contributed by atoms with van der Waals surface area (Å²) in [5.41, 5.74) is 3.86. The monoisotopic (exact) mass is 652 g/mol. The Morgan fingerprint density at radius 1 is 0.915 bits per heavy atom. The standard InChI is InChI=1S/C38H47F3N2O4/c1-2-28-8-17-34(35(27-28)45-25-26-47-36-7-3-6-24-46-36)31-18-22-43(23-19-31)21-5-4-20-42-37(44)32-11-9-29(10-12-32)30-13-15-33(16-14-30)38(39,40)41/h8-17,27,31,36H,2-7,18-26H2,1H3,(H,42,44). The van der Waals surface area contributed by atoms with Crippen LogP contribution in [0.3, 0.4) is 0 Å². The maximum Gasteiger partial charge on any atom is 0.416 e.